The van der Waals surface area contributed by atoms with Crippen LogP contribution in [0.4, 0.5) is 4.79 Å². The molecule has 2 amide bonds. The predicted molar refractivity (Wildman–Crippen MR) is 126 cm³/mol. The number of H-pyrrole nitrogens is 1. The highest BCUT2D eigenvalue weighted by atomic mass is 16.3. The lowest BCUT2D eigenvalue weighted by molar-refractivity contribution is 0.200. The van der Waals surface area contributed by atoms with Gasteiger partial charge in [-0.3, -0.25) is 4.90 Å². The van der Waals surface area contributed by atoms with Crippen molar-refractivity contribution < 1.29 is 9.21 Å². The number of carbonyl (C=O) groups excluding carboxylic acids is 1. The highest BCUT2D eigenvalue weighted by Crippen LogP contribution is 2.32. The Bertz CT molecular complexity index is 1140. The first kappa shape index (κ1) is 20.8. The second-order valence-corrected chi connectivity index (χ2v) is 9.10. The van der Waals surface area contributed by atoms with Crippen molar-refractivity contribution >= 4 is 22.6 Å². The van der Waals surface area contributed by atoms with E-state index in [9.17, 15) is 4.79 Å². The van der Waals surface area contributed by atoms with Crippen molar-refractivity contribution in [1.82, 2.24) is 25.1 Å². The summed E-state index contributed by atoms with van der Waals surface area (Å²) in [6.07, 6.45) is 9.43. The normalized spacial score (nSPS) is 17.3. The van der Waals surface area contributed by atoms with Crippen LogP contribution in [0.2, 0.25) is 0 Å². The monoisotopic (exact) mass is 433 g/mol. The van der Waals surface area contributed by atoms with Crippen molar-refractivity contribution in [3.05, 3.63) is 48.0 Å². The molecule has 0 spiro atoms. The summed E-state index contributed by atoms with van der Waals surface area (Å²) in [6, 6.07) is 6.43. The molecule has 0 radical (unpaired) electrons. The molecule has 5 heterocycles. The highest BCUT2D eigenvalue weighted by Gasteiger charge is 2.21. The lowest BCUT2D eigenvalue weighted by Crippen LogP contribution is -2.44. The molecule has 2 aliphatic heterocycles. The van der Waals surface area contributed by atoms with E-state index < -0.39 is 0 Å². The number of pyridine rings is 1. The Morgan fingerprint density at radius 3 is 2.84 bits per heavy atom. The number of aromatic amines is 1. The van der Waals surface area contributed by atoms with Gasteiger partial charge in [0.15, 0.2) is 0 Å². The highest BCUT2D eigenvalue weighted by molar-refractivity contribution is 5.93. The van der Waals surface area contributed by atoms with E-state index in [0.29, 0.717) is 13.1 Å². The van der Waals surface area contributed by atoms with Crippen LogP contribution in [0.5, 0.6) is 0 Å². The molecule has 3 aromatic rings. The minimum absolute atomic E-state index is 0.000679. The summed E-state index contributed by atoms with van der Waals surface area (Å²) < 4.78 is 6.16. The van der Waals surface area contributed by atoms with Crippen LogP contribution in [0.1, 0.15) is 44.4 Å². The average molecular weight is 434 g/mol. The molecule has 2 aliphatic rings. The maximum atomic E-state index is 12.3. The van der Waals surface area contributed by atoms with E-state index in [1.807, 2.05) is 37.2 Å². The van der Waals surface area contributed by atoms with Gasteiger partial charge in [0.2, 0.25) is 0 Å². The summed E-state index contributed by atoms with van der Waals surface area (Å²) >= 11 is 0. The minimum atomic E-state index is 0.000679. The molecule has 0 saturated carbocycles. The summed E-state index contributed by atoms with van der Waals surface area (Å²) in [4.78, 5) is 24.5. The Labute approximate surface area is 188 Å². The topological polar surface area (TPSA) is 77.4 Å². The summed E-state index contributed by atoms with van der Waals surface area (Å²) in [5.41, 5.74) is 4.26. The largest absolute Gasteiger partial charge is 0.460 e. The van der Waals surface area contributed by atoms with E-state index in [0.717, 1.165) is 59.7 Å². The average Bonchev–Trinajstić information content (AvgIpc) is 3.54. The SMILES string of the molecule is CC(C)NC(=O)N1CC=C(c2c[nH]c3ncc(-c4ccc(CN5CCCC5)o4)cc23)CC1. The van der Waals surface area contributed by atoms with Crippen LogP contribution in [0.25, 0.3) is 27.9 Å². The van der Waals surface area contributed by atoms with Crippen LogP contribution >= 0.6 is 0 Å². The Kier molecular flexibility index (Phi) is 5.74. The standard InChI is InChI=1S/C25H31N5O2/c1-17(2)28-25(31)30-11-7-18(8-12-30)22-15-27-24-21(22)13-19(14-26-24)23-6-5-20(32-23)16-29-9-3-4-10-29/h5-7,13-15,17H,3-4,8-12,16H2,1-2H3,(H,26,27)(H,28,31). The number of amides is 2. The number of fused-ring (bicyclic) bond motifs is 1. The van der Waals surface area contributed by atoms with Crippen LogP contribution < -0.4 is 5.32 Å². The molecular formula is C25H31N5O2. The number of nitrogens with one attached hydrogen (secondary N) is 2. The van der Waals surface area contributed by atoms with Gasteiger partial charge >= 0.3 is 6.03 Å². The molecule has 7 nitrogen and oxygen atoms in total. The maximum Gasteiger partial charge on any atom is 0.317 e. The van der Waals surface area contributed by atoms with Crippen molar-refractivity contribution in [3.63, 3.8) is 0 Å². The lowest BCUT2D eigenvalue weighted by atomic mass is 9.99. The zero-order valence-corrected chi connectivity index (χ0v) is 18.9. The van der Waals surface area contributed by atoms with Gasteiger partial charge in [-0.05, 0) is 70.0 Å². The van der Waals surface area contributed by atoms with Crippen LogP contribution in [-0.4, -0.2) is 58.0 Å². The van der Waals surface area contributed by atoms with Crippen LogP contribution in [0.3, 0.4) is 0 Å². The molecule has 3 aromatic heterocycles. The second kappa shape index (κ2) is 8.82. The van der Waals surface area contributed by atoms with Gasteiger partial charge in [0, 0.05) is 48.0 Å². The zero-order chi connectivity index (χ0) is 22.1. The number of hydrogen-bond acceptors (Lipinski definition) is 4. The first-order chi connectivity index (χ1) is 15.6. The number of aromatic nitrogens is 2. The summed E-state index contributed by atoms with van der Waals surface area (Å²) in [6.45, 7) is 8.47. The van der Waals surface area contributed by atoms with Crippen molar-refractivity contribution in [3.8, 4) is 11.3 Å². The molecular weight excluding hydrogens is 402 g/mol. The van der Waals surface area contributed by atoms with Crippen molar-refractivity contribution in [1.29, 1.82) is 0 Å². The first-order valence-corrected chi connectivity index (χ1v) is 11.6. The van der Waals surface area contributed by atoms with E-state index in [4.69, 9.17) is 4.42 Å². The van der Waals surface area contributed by atoms with E-state index in [-0.39, 0.29) is 12.1 Å². The summed E-state index contributed by atoms with van der Waals surface area (Å²) in [5.74, 6) is 1.86. The number of carbonyl (C=O) groups is 1. The van der Waals surface area contributed by atoms with Crippen molar-refractivity contribution in [2.24, 2.45) is 0 Å². The van der Waals surface area contributed by atoms with Crippen LogP contribution in [-0.2, 0) is 6.54 Å². The number of nitrogens with zero attached hydrogens (tertiary/aromatic N) is 3. The molecule has 168 valence electrons. The number of hydrogen-bond donors (Lipinski definition) is 2. The molecule has 0 aliphatic carbocycles. The third kappa shape index (κ3) is 4.30. The molecule has 5 rings (SSSR count). The van der Waals surface area contributed by atoms with Gasteiger partial charge in [0.25, 0.3) is 0 Å². The van der Waals surface area contributed by atoms with Crippen molar-refractivity contribution in [2.45, 2.75) is 45.7 Å². The number of likely N-dealkylation sites (tertiary alicyclic amines) is 1. The molecule has 1 fully saturated rings. The fourth-order valence-electron chi connectivity index (χ4n) is 4.62. The Hall–Kier alpha value is -3.06. The van der Waals surface area contributed by atoms with Gasteiger partial charge in [-0.25, -0.2) is 9.78 Å². The maximum absolute atomic E-state index is 12.3. The molecule has 2 N–H and O–H groups in total. The summed E-state index contributed by atoms with van der Waals surface area (Å²) in [5, 5.41) is 4.06. The van der Waals surface area contributed by atoms with E-state index in [1.165, 1.54) is 18.4 Å². The van der Waals surface area contributed by atoms with Gasteiger partial charge in [0.05, 0.1) is 6.54 Å². The van der Waals surface area contributed by atoms with Gasteiger partial charge in [-0.1, -0.05) is 6.08 Å². The molecule has 1 saturated heterocycles. The van der Waals surface area contributed by atoms with Crippen LogP contribution in [0, 0.1) is 0 Å². The fourth-order valence-corrected chi connectivity index (χ4v) is 4.62. The summed E-state index contributed by atoms with van der Waals surface area (Å²) in [7, 11) is 0. The Morgan fingerprint density at radius 2 is 2.09 bits per heavy atom. The van der Waals surface area contributed by atoms with Gasteiger partial charge in [-0.2, -0.15) is 0 Å². The zero-order valence-electron chi connectivity index (χ0n) is 18.9. The molecule has 0 unspecified atom stereocenters. The van der Waals surface area contributed by atoms with Crippen LogP contribution in [0.15, 0.2) is 41.1 Å². The van der Waals surface area contributed by atoms with Gasteiger partial charge in [-0.15, -0.1) is 0 Å². The molecule has 0 aromatic carbocycles. The molecule has 7 heteroatoms. The number of furan rings is 1. The third-order valence-corrected chi connectivity index (χ3v) is 6.31. The molecule has 0 bridgehead atoms. The van der Waals surface area contributed by atoms with Gasteiger partial charge < -0.3 is 19.6 Å². The second-order valence-electron chi connectivity index (χ2n) is 9.10. The van der Waals surface area contributed by atoms with Gasteiger partial charge in [0.1, 0.15) is 17.2 Å². The van der Waals surface area contributed by atoms with E-state index in [2.05, 4.69) is 38.4 Å². The quantitative estimate of drug-likeness (QED) is 0.615. The fraction of sp³-hybridized carbons (Fsp3) is 0.440. The molecule has 0 atom stereocenters. The van der Waals surface area contributed by atoms with Crippen molar-refractivity contribution in [2.75, 3.05) is 26.2 Å². The smallest absolute Gasteiger partial charge is 0.317 e. The number of urea groups is 1. The molecule has 32 heavy (non-hydrogen) atoms. The Balaban J connectivity index is 1.35. The van der Waals surface area contributed by atoms with E-state index >= 15 is 0 Å². The first-order valence-electron chi connectivity index (χ1n) is 11.6. The third-order valence-electron chi connectivity index (χ3n) is 6.31. The van der Waals surface area contributed by atoms with E-state index in [1.54, 1.807) is 0 Å². The lowest BCUT2D eigenvalue weighted by Gasteiger charge is -2.27. The number of rotatable bonds is 5. The Morgan fingerprint density at radius 1 is 1.25 bits per heavy atom. The minimum Gasteiger partial charge on any atom is -0.460 e. The predicted octanol–water partition coefficient (Wildman–Crippen LogP) is 4.63.